The second kappa shape index (κ2) is 8.14. The monoisotopic (exact) mass is 298 g/mol. The third-order valence-electron chi connectivity index (χ3n) is 4.96. The molecule has 1 aliphatic carbocycles. The minimum absolute atomic E-state index is 0.0983. The highest BCUT2D eigenvalue weighted by molar-refractivity contribution is 5.81. The fourth-order valence-corrected chi connectivity index (χ4v) is 3.88. The van der Waals surface area contributed by atoms with E-state index in [4.69, 9.17) is 4.74 Å². The van der Waals surface area contributed by atoms with Crippen LogP contribution in [0.4, 0.5) is 0 Å². The van der Waals surface area contributed by atoms with Crippen LogP contribution in [0.2, 0.25) is 0 Å². The van der Waals surface area contributed by atoms with Gasteiger partial charge in [0.1, 0.15) is 5.54 Å². The largest absolute Gasteiger partial charge is 0.468 e. The molecule has 1 rings (SSSR count). The Kier molecular flexibility index (Phi) is 7.14. The number of methoxy groups -OCH3 is 1. The average molecular weight is 298 g/mol. The van der Waals surface area contributed by atoms with Crippen molar-refractivity contribution >= 4 is 5.97 Å². The predicted molar refractivity (Wildman–Crippen MR) is 87.4 cm³/mol. The Morgan fingerprint density at radius 1 is 1.38 bits per heavy atom. The zero-order valence-corrected chi connectivity index (χ0v) is 14.7. The maximum absolute atomic E-state index is 12.4. The molecule has 1 fully saturated rings. The van der Waals surface area contributed by atoms with E-state index < -0.39 is 5.54 Å². The van der Waals surface area contributed by atoms with Gasteiger partial charge < -0.3 is 9.64 Å². The van der Waals surface area contributed by atoms with Crippen molar-refractivity contribution in [1.29, 1.82) is 0 Å². The minimum atomic E-state index is -0.508. The van der Waals surface area contributed by atoms with E-state index in [0.29, 0.717) is 12.1 Å². The summed E-state index contributed by atoms with van der Waals surface area (Å²) in [5, 5.41) is 3.50. The molecule has 0 heterocycles. The van der Waals surface area contributed by atoms with Crippen molar-refractivity contribution < 1.29 is 9.53 Å². The first kappa shape index (κ1) is 18.4. The number of nitrogens with zero attached hydrogens (tertiary/aromatic N) is 1. The molecule has 0 aromatic carbocycles. The van der Waals surface area contributed by atoms with Crippen molar-refractivity contribution in [3.8, 4) is 0 Å². The number of nitrogens with one attached hydrogen (secondary N) is 1. The second-order valence-corrected chi connectivity index (χ2v) is 6.76. The lowest BCUT2D eigenvalue weighted by atomic mass is 9.77. The number of rotatable bonds is 7. The molecule has 0 aromatic heterocycles. The number of carbonyl (C=O) groups excluding carboxylic acids is 1. The SMILES string of the molecule is CCC(CC)N(C)C1CCCC(NC(C)C)(C(=O)OC)C1. The summed E-state index contributed by atoms with van der Waals surface area (Å²) in [6.07, 6.45) is 6.30. The molecule has 2 unspecified atom stereocenters. The van der Waals surface area contributed by atoms with E-state index in [1.807, 2.05) is 0 Å². The Morgan fingerprint density at radius 3 is 2.48 bits per heavy atom. The molecule has 2 atom stereocenters. The molecule has 0 spiro atoms. The van der Waals surface area contributed by atoms with Crippen molar-refractivity contribution in [1.82, 2.24) is 10.2 Å². The highest BCUT2D eigenvalue weighted by atomic mass is 16.5. The van der Waals surface area contributed by atoms with E-state index in [1.54, 1.807) is 0 Å². The first-order valence-corrected chi connectivity index (χ1v) is 8.48. The Labute approximate surface area is 130 Å². The number of hydrogen-bond donors (Lipinski definition) is 1. The van der Waals surface area contributed by atoms with Gasteiger partial charge in [0, 0.05) is 18.1 Å². The van der Waals surface area contributed by atoms with Gasteiger partial charge >= 0.3 is 5.97 Å². The van der Waals surface area contributed by atoms with Crippen molar-refractivity contribution in [3.05, 3.63) is 0 Å². The van der Waals surface area contributed by atoms with Gasteiger partial charge in [-0.1, -0.05) is 13.8 Å². The first-order valence-electron chi connectivity index (χ1n) is 8.48. The van der Waals surface area contributed by atoms with E-state index in [-0.39, 0.29) is 12.0 Å². The molecule has 4 nitrogen and oxygen atoms in total. The molecule has 0 radical (unpaired) electrons. The summed E-state index contributed by atoms with van der Waals surface area (Å²) in [5.41, 5.74) is -0.508. The Hall–Kier alpha value is -0.610. The minimum Gasteiger partial charge on any atom is -0.468 e. The molecule has 1 N–H and O–H groups in total. The van der Waals surface area contributed by atoms with E-state index >= 15 is 0 Å². The molecule has 0 aliphatic heterocycles. The summed E-state index contributed by atoms with van der Waals surface area (Å²) in [4.78, 5) is 14.9. The third-order valence-corrected chi connectivity index (χ3v) is 4.96. The van der Waals surface area contributed by atoms with Gasteiger partial charge in [-0.2, -0.15) is 0 Å². The molecule has 0 bridgehead atoms. The molecule has 1 aliphatic rings. The van der Waals surface area contributed by atoms with Gasteiger partial charge in [-0.3, -0.25) is 10.1 Å². The molecule has 21 heavy (non-hydrogen) atoms. The quantitative estimate of drug-likeness (QED) is 0.734. The van der Waals surface area contributed by atoms with Gasteiger partial charge in [0.05, 0.1) is 7.11 Å². The lowest BCUT2D eigenvalue weighted by Crippen LogP contribution is -2.60. The molecule has 124 valence electrons. The van der Waals surface area contributed by atoms with Crippen molar-refractivity contribution in [2.24, 2.45) is 0 Å². The van der Waals surface area contributed by atoms with Gasteiger partial charge in [0.25, 0.3) is 0 Å². The van der Waals surface area contributed by atoms with Crippen LogP contribution in [0.3, 0.4) is 0 Å². The Morgan fingerprint density at radius 2 is 2.00 bits per heavy atom. The summed E-state index contributed by atoms with van der Waals surface area (Å²) >= 11 is 0. The van der Waals surface area contributed by atoms with Gasteiger partial charge in [-0.05, 0) is 59.4 Å². The second-order valence-electron chi connectivity index (χ2n) is 6.76. The van der Waals surface area contributed by atoms with Crippen molar-refractivity contribution in [2.45, 2.75) is 89.9 Å². The van der Waals surface area contributed by atoms with Crippen LogP contribution in [0.1, 0.15) is 66.2 Å². The van der Waals surface area contributed by atoms with Crippen LogP contribution in [0.5, 0.6) is 0 Å². The van der Waals surface area contributed by atoms with Gasteiger partial charge in [-0.15, -0.1) is 0 Å². The topological polar surface area (TPSA) is 41.6 Å². The van der Waals surface area contributed by atoms with E-state index in [2.05, 4.69) is 45.0 Å². The summed E-state index contributed by atoms with van der Waals surface area (Å²) in [7, 11) is 3.71. The summed E-state index contributed by atoms with van der Waals surface area (Å²) in [6, 6.07) is 1.33. The van der Waals surface area contributed by atoms with Crippen LogP contribution in [0, 0.1) is 0 Å². The first-order chi connectivity index (χ1) is 9.90. The predicted octanol–water partition coefficient (Wildman–Crippen LogP) is 2.96. The Bertz CT molecular complexity index is 329. The standard InChI is InChI=1S/C17H34N2O2/c1-7-14(8-2)19(5)15-10-9-11-17(12-15,16(20)21-6)18-13(3)4/h13-15,18H,7-12H2,1-6H3. The molecule has 1 saturated carbocycles. The fourth-order valence-electron chi connectivity index (χ4n) is 3.88. The van der Waals surface area contributed by atoms with E-state index in [0.717, 1.165) is 32.1 Å². The van der Waals surface area contributed by atoms with Crippen LogP contribution in [-0.2, 0) is 9.53 Å². The van der Waals surface area contributed by atoms with Crippen LogP contribution in [-0.4, -0.2) is 48.7 Å². The molecular weight excluding hydrogens is 264 g/mol. The van der Waals surface area contributed by atoms with Gasteiger partial charge in [0.15, 0.2) is 0 Å². The molecule has 0 saturated heterocycles. The maximum atomic E-state index is 12.4. The average Bonchev–Trinajstić information content (AvgIpc) is 2.47. The van der Waals surface area contributed by atoms with Crippen LogP contribution in [0.25, 0.3) is 0 Å². The normalized spacial score (nSPS) is 26.6. The molecular formula is C17H34N2O2. The maximum Gasteiger partial charge on any atom is 0.326 e. The molecule has 0 aromatic rings. The van der Waals surface area contributed by atoms with Crippen molar-refractivity contribution in [3.63, 3.8) is 0 Å². The highest BCUT2D eigenvalue weighted by Gasteiger charge is 2.45. The van der Waals surface area contributed by atoms with Gasteiger partial charge in [-0.25, -0.2) is 0 Å². The lowest BCUT2D eigenvalue weighted by molar-refractivity contribution is -0.151. The zero-order chi connectivity index (χ0) is 16.0. The van der Waals surface area contributed by atoms with E-state index in [1.165, 1.54) is 13.5 Å². The smallest absolute Gasteiger partial charge is 0.326 e. The van der Waals surface area contributed by atoms with Crippen LogP contribution >= 0.6 is 0 Å². The highest BCUT2D eigenvalue weighted by Crippen LogP contribution is 2.33. The lowest BCUT2D eigenvalue weighted by Gasteiger charge is -2.45. The van der Waals surface area contributed by atoms with Gasteiger partial charge in [0.2, 0.25) is 0 Å². The number of esters is 1. The number of hydrogen-bond acceptors (Lipinski definition) is 4. The summed E-state index contributed by atoms with van der Waals surface area (Å²) in [5.74, 6) is -0.0983. The number of ether oxygens (including phenoxy) is 1. The number of carbonyl (C=O) groups is 1. The molecule has 0 amide bonds. The summed E-state index contributed by atoms with van der Waals surface area (Å²) < 4.78 is 5.12. The summed E-state index contributed by atoms with van der Waals surface area (Å²) in [6.45, 7) is 8.68. The van der Waals surface area contributed by atoms with Crippen LogP contribution < -0.4 is 5.32 Å². The van der Waals surface area contributed by atoms with Crippen LogP contribution in [0.15, 0.2) is 0 Å². The fraction of sp³-hybridized carbons (Fsp3) is 0.941. The third kappa shape index (κ3) is 4.43. The zero-order valence-electron chi connectivity index (χ0n) is 14.7. The van der Waals surface area contributed by atoms with Crippen molar-refractivity contribution in [2.75, 3.05) is 14.2 Å². The molecule has 4 heteroatoms. The Balaban J connectivity index is 2.90. The van der Waals surface area contributed by atoms with E-state index in [9.17, 15) is 4.79 Å².